The van der Waals surface area contributed by atoms with Gasteiger partial charge < -0.3 is 19.3 Å². The summed E-state index contributed by atoms with van der Waals surface area (Å²) in [5.41, 5.74) is -1.84. The van der Waals surface area contributed by atoms with Crippen molar-refractivity contribution >= 4 is 43.2 Å². The van der Waals surface area contributed by atoms with Gasteiger partial charge in [-0.05, 0) is 85.7 Å². The van der Waals surface area contributed by atoms with Crippen LogP contribution in [0.1, 0.15) is 71.8 Å². The van der Waals surface area contributed by atoms with E-state index in [-0.39, 0.29) is 23.7 Å². The van der Waals surface area contributed by atoms with E-state index >= 15 is 9.18 Å². The van der Waals surface area contributed by atoms with Crippen LogP contribution in [0.2, 0.25) is 35.7 Å². The number of carbonyl (C=O) groups excluding carboxylic acids is 2. The normalized spacial score (nSPS) is 20.9. The second-order valence-corrected chi connectivity index (χ2v) is 20.8. The molecule has 1 fully saturated rings. The number of fused-ring (bicyclic) bond motifs is 1. The molecule has 2 aliphatic heterocycles. The molecule has 264 valence electrons. The highest BCUT2D eigenvalue weighted by Crippen LogP contribution is 2.53. The Morgan fingerprint density at radius 1 is 1.08 bits per heavy atom. The molecule has 0 bridgehead atoms. The largest absolute Gasteiger partial charge is 0.466 e. The summed E-state index contributed by atoms with van der Waals surface area (Å²) in [4.78, 5) is 30.3. The smallest absolute Gasteiger partial charge is 0.311 e. The summed E-state index contributed by atoms with van der Waals surface area (Å²) in [5, 5.41) is 13.0. The van der Waals surface area contributed by atoms with E-state index in [2.05, 4.69) is 19.6 Å². The third-order valence-corrected chi connectivity index (χ3v) is 12.3. The molecule has 2 aliphatic rings. The summed E-state index contributed by atoms with van der Waals surface area (Å²) >= 11 is 12.6. The third-order valence-electron chi connectivity index (χ3n) is 10.1. The minimum atomic E-state index is -1.82. The van der Waals surface area contributed by atoms with Gasteiger partial charge in [0.05, 0.1) is 35.3 Å². The molecule has 2 heterocycles. The van der Waals surface area contributed by atoms with Crippen LogP contribution in [0, 0.1) is 17.7 Å². The number of benzene rings is 3. The Hall–Kier alpha value is -2.79. The van der Waals surface area contributed by atoms with E-state index in [1.807, 2.05) is 6.92 Å². The van der Waals surface area contributed by atoms with Crippen molar-refractivity contribution in [2.24, 2.45) is 11.8 Å². The predicted molar refractivity (Wildman–Crippen MR) is 192 cm³/mol. The zero-order valence-electron chi connectivity index (χ0n) is 29.0. The van der Waals surface area contributed by atoms with Crippen LogP contribution in [0.15, 0.2) is 60.7 Å². The number of esters is 1. The monoisotopic (exact) mass is 729 g/mol. The van der Waals surface area contributed by atoms with Gasteiger partial charge in [-0.15, -0.1) is 0 Å². The van der Waals surface area contributed by atoms with Crippen molar-refractivity contribution < 1.29 is 33.3 Å². The zero-order valence-corrected chi connectivity index (χ0v) is 31.5. The predicted octanol–water partition coefficient (Wildman–Crippen LogP) is 8.72. The molecule has 0 aromatic heterocycles. The van der Waals surface area contributed by atoms with Gasteiger partial charge in [0.15, 0.2) is 5.72 Å². The standard InChI is InChI=1S/C38H46Cl2FNO6Si/c1-7-37(45,26-16-18-47-19-17-26)28-22-31-33(32(41)23-28)38(46-3,27-10-14-30(40)15-11-27)42(35(31)43)34(25-8-12-29(39)13-9-25)24(2)36(44)48-20-21-49(4,5)6/h8-15,22-24,26,34,45H,7,16-21H2,1-6H3/t24-,34-,37-,38?/m0/s1. The van der Waals surface area contributed by atoms with E-state index in [0.29, 0.717) is 59.2 Å². The maximum atomic E-state index is 17.0. The fraction of sp³-hybridized carbons (Fsp3) is 0.474. The molecule has 0 saturated carbocycles. The lowest BCUT2D eigenvalue weighted by molar-refractivity contribution is -0.155. The quantitative estimate of drug-likeness (QED) is 0.148. The van der Waals surface area contributed by atoms with Crippen LogP contribution in [0.25, 0.3) is 0 Å². The molecule has 1 unspecified atom stereocenters. The Bertz CT molecular complexity index is 1660. The van der Waals surface area contributed by atoms with Gasteiger partial charge in [-0.1, -0.05) is 74.0 Å². The van der Waals surface area contributed by atoms with E-state index in [0.717, 1.165) is 6.04 Å². The van der Waals surface area contributed by atoms with Crippen LogP contribution in [-0.4, -0.2) is 56.9 Å². The summed E-state index contributed by atoms with van der Waals surface area (Å²) < 4.78 is 34.7. The van der Waals surface area contributed by atoms with Crippen molar-refractivity contribution in [1.29, 1.82) is 0 Å². The lowest BCUT2D eigenvalue weighted by atomic mass is 9.74. The van der Waals surface area contributed by atoms with Crippen LogP contribution in [-0.2, 0) is 30.3 Å². The number of hydrogen-bond donors (Lipinski definition) is 1. The maximum Gasteiger partial charge on any atom is 0.311 e. The fourth-order valence-corrected chi connectivity index (χ4v) is 8.27. The molecule has 49 heavy (non-hydrogen) atoms. The van der Waals surface area contributed by atoms with Crippen molar-refractivity contribution in [1.82, 2.24) is 4.90 Å². The Morgan fingerprint density at radius 2 is 1.67 bits per heavy atom. The number of nitrogens with zero attached hydrogens (tertiary/aromatic N) is 1. The third kappa shape index (κ3) is 7.21. The Kier molecular flexibility index (Phi) is 11.3. The Labute approximate surface area is 299 Å². The number of ether oxygens (including phenoxy) is 3. The molecule has 0 spiro atoms. The first kappa shape index (κ1) is 37.5. The minimum absolute atomic E-state index is 0.00485. The number of aliphatic hydroxyl groups is 1. The van der Waals surface area contributed by atoms with Crippen LogP contribution in [0.3, 0.4) is 0 Å². The van der Waals surface area contributed by atoms with Crippen molar-refractivity contribution in [3.05, 3.63) is 104 Å². The lowest BCUT2D eigenvalue weighted by Gasteiger charge is -2.44. The fourth-order valence-electron chi connectivity index (χ4n) is 7.31. The molecule has 1 N–H and O–H groups in total. The van der Waals surface area contributed by atoms with Gasteiger partial charge in [0.25, 0.3) is 5.91 Å². The lowest BCUT2D eigenvalue weighted by Crippen LogP contribution is -2.51. The molecule has 1 saturated heterocycles. The highest BCUT2D eigenvalue weighted by atomic mass is 35.5. The molecule has 11 heteroatoms. The van der Waals surface area contributed by atoms with Crippen LogP contribution >= 0.6 is 23.2 Å². The van der Waals surface area contributed by atoms with Crippen LogP contribution in [0.4, 0.5) is 4.39 Å². The summed E-state index contributed by atoms with van der Waals surface area (Å²) in [6.07, 6.45) is 1.52. The van der Waals surface area contributed by atoms with Crippen molar-refractivity contribution in [2.75, 3.05) is 26.9 Å². The van der Waals surface area contributed by atoms with Gasteiger partial charge >= 0.3 is 5.97 Å². The van der Waals surface area contributed by atoms with Gasteiger partial charge in [0, 0.05) is 44.0 Å². The minimum Gasteiger partial charge on any atom is -0.466 e. The van der Waals surface area contributed by atoms with E-state index < -0.39 is 49.1 Å². The Morgan fingerprint density at radius 3 is 2.22 bits per heavy atom. The first-order valence-electron chi connectivity index (χ1n) is 16.9. The average molecular weight is 731 g/mol. The molecule has 3 aromatic carbocycles. The number of halogens is 3. The number of carbonyl (C=O) groups is 2. The zero-order chi connectivity index (χ0) is 35.7. The number of methoxy groups -OCH3 is 1. The maximum absolute atomic E-state index is 17.0. The van der Waals surface area contributed by atoms with Gasteiger partial charge in [-0.25, -0.2) is 4.39 Å². The molecule has 4 atom stereocenters. The van der Waals surface area contributed by atoms with Crippen LogP contribution in [0.5, 0.6) is 0 Å². The molecule has 5 rings (SSSR count). The number of rotatable bonds is 12. The average Bonchev–Trinajstić information content (AvgIpc) is 3.33. The van der Waals surface area contributed by atoms with E-state index in [1.54, 1.807) is 61.5 Å². The van der Waals surface area contributed by atoms with Gasteiger partial charge in [-0.2, -0.15) is 0 Å². The summed E-state index contributed by atoms with van der Waals surface area (Å²) in [5.74, 6) is -2.85. The van der Waals surface area contributed by atoms with E-state index in [1.165, 1.54) is 18.1 Å². The van der Waals surface area contributed by atoms with Crippen molar-refractivity contribution in [3.8, 4) is 0 Å². The molecular weight excluding hydrogens is 684 g/mol. The second-order valence-electron chi connectivity index (χ2n) is 14.3. The topological polar surface area (TPSA) is 85.3 Å². The van der Waals surface area contributed by atoms with Gasteiger partial charge in [-0.3, -0.25) is 14.5 Å². The molecule has 3 aromatic rings. The summed E-state index contributed by atoms with van der Waals surface area (Å²) in [6, 6.07) is 16.3. The summed E-state index contributed by atoms with van der Waals surface area (Å²) in [7, 11) is -0.0987. The SMILES string of the molecule is CC[C@@](O)(c1cc(F)c2c(c1)C(=O)N([C@H](c1ccc(Cl)cc1)[C@H](C)C(=O)OCC[Si](C)(C)C)C2(OC)c1ccc(Cl)cc1)C1CCOCC1. The molecular formula is C38H46Cl2FNO6Si. The molecule has 0 radical (unpaired) electrons. The highest BCUT2D eigenvalue weighted by molar-refractivity contribution is 6.76. The number of hydrogen-bond acceptors (Lipinski definition) is 6. The molecule has 0 aliphatic carbocycles. The van der Waals surface area contributed by atoms with Crippen LogP contribution < -0.4 is 0 Å². The Balaban J connectivity index is 1.73. The van der Waals surface area contributed by atoms with Crippen molar-refractivity contribution in [3.63, 3.8) is 0 Å². The van der Waals surface area contributed by atoms with E-state index in [4.69, 9.17) is 37.4 Å². The van der Waals surface area contributed by atoms with E-state index in [9.17, 15) is 9.90 Å². The first-order chi connectivity index (χ1) is 23.2. The first-order valence-corrected chi connectivity index (χ1v) is 21.4. The molecule has 7 nitrogen and oxygen atoms in total. The van der Waals surface area contributed by atoms with Gasteiger partial charge in [0.1, 0.15) is 5.82 Å². The second kappa shape index (κ2) is 14.8. The van der Waals surface area contributed by atoms with Crippen molar-refractivity contribution in [2.45, 2.75) is 76.2 Å². The highest BCUT2D eigenvalue weighted by Gasteiger charge is 2.58. The van der Waals surface area contributed by atoms with Gasteiger partial charge in [0.2, 0.25) is 0 Å². The number of amides is 1. The summed E-state index contributed by atoms with van der Waals surface area (Å²) in [6.45, 7) is 11.4. The molecule has 1 amide bonds.